The number of nitrogens with one attached hydrogen (secondary N) is 1. The number of anilines is 1. The van der Waals surface area contributed by atoms with Gasteiger partial charge in [-0.25, -0.2) is 4.98 Å². The summed E-state index contributed by atoms with van der Waals surface area (Å²) in [5.41, 5.74) is 0. The Kier molecular flexibility index (Phi) is 5.09. The second-order valence-corrected chi connectivity index (χ2v) is 5.00. The van der Waals surface area contributed by atoms with Crippen LogP contribution in [0.15, 0.2) is 6.20 Å². The minimum Gasteiger partial charge on any atom is -0.334 e. The first-order valence-electron chi connectivity index (χ1n) is 5.50. The first-order chi connectivity index (χ1) is 8.02. The van der Waals surface area contributed by atoms with Crippen molar-refractivity contribution in [1.29, 1.82) is 0 Å². The zero-order chi connectivity index (χ0) is 12.8. The molecule has 0 bridgehead atoms. The van der Waals surface area contributed by atoms with E-state index in [2.05, 4.69) is 10.3 Å². The van der Waals surface area contributed by atoms with E-state index in [1.54, 1.807) is 6.20 Å². The van der Waals surface area contributed by atoms with Gasteiger partial charge in [-0.1, -0.05) is 6.92 Å². The molecule has 1 rings (SSSR count). The molecule has 1 N–H and O–H groups in total. The Bertz CT molecular complexity index is 403. The number of hydrogen-bond acceptors (Lipinski definition) is 4. The van der Waals surface area contributed by atoms with E-state index in [4.69, 9.17) is 0 Å². The summed E-state index contributed by atoms with van der Waals surface area (Å²) in [7, 11) is 0. The zero-order valence-corrected chi connectivity index (χ0v) is 11.1. The smallest absolute Gasteiger partial charge is 0.245 e. The Labute approximate surface area is 105 Å². The van der Waals surface area contributed by atoms with E-state index in [0.717, 1.165) is 11.3 Å². The van der Waals surface area contributed by atoms with E-state index in [-0.39, 0.29) is 18.4 Å². The Morgan fingerprint density at radius 3 is 2.71 bits per heavy atom. The van der Waals surface area contributed by atoms with E-state index in [1.807, 2.05) is 13.8 Å². The fraction of sp³-hybridized carbons (Fsp3) is 0.545. The van der Waals surface area contributed by atoms with Gasteiger partial charge in [0.15, 0.2) is 5.13 Å². The lowest BCUT2D eigenvalue weighted by Gasteiger charge is -2.18. The molecule has 1 aromatic heterocycles. The van der Waals surface area contributed by atoms with Crippen LogP contribution in [0.3, 0.4) is 0 Å². The highest BCUT2D eigenvalue weighted by Crippen LogP contribution is 2.16. The SMILES string of the molecule is CCCN(CC(=O)Nc1ncc(C)s1)C(C)=O. The number of thiazole rings is 1. The Morgan fingerprint density at radius 2 is 2.24 bits per heavy atom. The van der Waals surface area contributed by atoms with Crippen LogP contribution in [0, 0.1) is 6.92 Å². The summed E-state index contributed by atoms with van der Waals surface area (Å²) in [4.78, 5) is 29.5. The van der Waals surface area contributed by atoms with Crippen LogP contribution in [-0.4, -0.2) is 34.8 Å². The van der Waals surface area contributed by atoms with Crippen LogP contribution >= 0.6 is 11.3 Å². The highest BCUT2D eigenvalue weighted by atomic mass is 32.1. The standard InChI is InChI=1S/C11H17N3O2S/c1-4-5-14(9(3)15)7-10(16)13-11-12-6-8(2)17-11/h6H,4-5,7H2,1-3H3,(H,12,13,16). The van der Waals surface area contributed by atoms with Crippen LogP contribution in [0.5, 0.6) is 0 Å². The van der Waals surface area contributed by atoms with Gasteiger partial charge in [-0.05, 0) is 13.3 Å². The van der Waals surface area contributed by atoms with Gasteiger partial charge in [0.25, 0.3) is 0 Å². The molecule has 0 atom stereocenters. The lowest BCUT2D eigenvalue weighted by atomic mass is 10.4. The second kappa shape index (κ2) is 6.34. The van der Waals surface area contributed by atoms with Gasteiger partial charge in [-0.15, -0.1) is 11.3 Å². The first kappa shape index (κ1) is 13.6. The summed E-state index contributed by atoms with van der Waals surface area (Å²) in [6, 6.07) is 0. The molecule has 1 aromatic rings. The van der Waals surface area contributed by atoms with Crippen molar-refractivity contribution < 1.29 is 9.59 Å². The molecule has 0 spiro atoms. The van der Waals surface area contributed by atoms with E-state index in [0.29, 0.717) is 11.7 Å². The molecule has 0 aromatic carbocycles. The molecule has 17 heavy (non-hydrogen) atoms. The molecule has 94 valence electrons. The molecule has 1 heterocycles. The maximum absolute atomic E-state index is 11.7. The number of aryl methyl sites for hydroxylation is 1. The van der Waals surface area contributed by atoms with Crippen LogP contribution in [0.1, 0.15) is 25.1 Å². The lowest BCUT2D eigenvalue weighted by Crippen LogP contribution is -2.37. The van der Waals surface area contributed by atoms with Crippen molar-refractivity contribution in [1.82, 2.24) is 9.88 Å². The predicted octanol–water partition coefficient (Wildman–Crippen LogP) is 1.65. The van der Waals surface area contributed by atoms with Gasteiger partial charge in [0.05, 0.1) is 6.54 Å². The average molecular weight is 255 g/mol. The molecule has 0 saturated heterocycles. The fourth-order valence-corrected chi connectivity index (χ4v) is 2.04. The number of aromatic nitrogens is 1. The molecule has 0 saturated carbocycles. The lowest BCUT2D eigenvalue weighted by molar-refractivity contribution is -0.132. The van der Waals surface area contributed by atoms with Gasteiger partial charge in [0.2, 0.25) is 11.8 Å². The van der Waals surface area contributed by atoms with Crippen molar-refractivity contribution in [3.05, 3.63) is 11.1 Å². The maximum atomic E-state index is 11.7. The molecular weight excluding hydrogens is 238 g/mol. The van der Waals surface area contributed by atoms with Crippen LogP contribution < -0.4 is 5.32 Å². The summed E-state index contributed by atoms with van der Waals surface area (Å²) in [5, 5.41) is 3.26. The second-order valence-electron chi connectivity index (χ2n) is 3.76. The summed E-state index contributed by atoms with van der Waals surface area (Å²) in [5.74, 6) is -0.291. The van der Waals surface area contributed by atoms with Crippen molar-refractivity contribution in [2.24, 2.45) is 0 Å². The van der Waals surface area contributed by atoms with Crippen molar-refractivity contribution in [2.75, 3.05) is 18.4 Å². The van der Waals surface area contributed by atoms with E-state index in [1.165, 1.54) is 23.2 Å². The minimum atomic E-state index is -0.206. The molecule has 0 unspecified atom stereocenters. The molecule has 6 heteroatoms. The molecule has 0 radical (unpaired) electrons. The van der Waals surface area contributed by atoms with Gasteiger partial charge in [-0.3, -0.25) is 9.59 Å². The zero-order valence-electron chi connectivity index (χ0n) is 10.3. The van der Waals surface area contributed by atoms with Crippen molar-refractivity contribution >= 4 is 28.3 Å². The molecule has 2 amide bonds. The molecule has 0 aliphatic heterocycles. The Morgan fingerprint density at radius 1 is 1.53 bits per heavy atom. The van der Waals surface area contributed by atoms with Crippen LogP contribution in [0.2, 0.25) is 0 Å². The van der Waals surface area contributed by atoms with Gasteiger partial charge in [-0.2, -0.15) is 0 Å². The van der Waals surface area contributed by atoms with Crippen LogP contribution in [0.25, 0.3) is 0 Å². The predicted molar refractivity (Wildman–Crippen MR) is 68.0 cm³/mol. The third-order valence-corrected chi connectivity index (χ3v) is 2.97. The summed E-state index contributed by atoms with van der Waals surface area (Å²) in [6.07, 6.45) is 2.54. The summed E-state index contributed by atoms with van der Waals surface area (Å²) >= 11 is 1.42. The normalized spacial score (nSPS) is 10.1. The fourth-order valence-electron chi connectivity index (χ4n) is 1.36. The summed E-state index contributed by atoms with van der Waals surface area (Å²) in [6.45, 7) is 6.04. The molecular formula is C11H17N3O2S. The highest BCUT2D eigenvalue weighted by Gasteiger charge is 2.13. The van der Waals surface area contributed by atoms with Crippen molar-refractivity contribution in [3.8, 4) is 0 Å². The third kappa shape index (κ3) is 4.52. The number of carbonyl (C=O) groups excluding carboxylic acids is 2. The van der Waals surface area contributed by atoms with E-state index in [9.17, 15) is 9.59 Å². The average Bonchev–Trinajstić information content (AvgIpc) is 2.63. The summed E-state index contributed by atoms with van der Waals surface area (Å²) < 4.78 is 0. The largest absolute Gasteiger partial charge is 0.334 e. The highest BCUT2D eigenvalue weighted by molar-refractivity contribution is 7.15. The number of carbonyl (C=O) groups is 2. The Balaban J connectivity index is 2.50. The van der Waals surface area contributed by atoms with Crippen LogP contribution in [0.4, 0.5) is 5.13 Å². The van der Waals surface area contributed by atoms with Gasteiger partial charge >= 0.3 is 0 Å². The monoisotopic (exact) mass is 255 g/mol. The van der Waals surface area contributed by atoms with Crippen molar-refractivity contribution in [3.63, 3.8) is 0 Å². The quantitative estimate of drug-likeness (QED) is 0.870. The third-order valence-electron chi connectivity index (χ3n) is 2.14. The van der Waals surface area contributed by atoms with Gasteiger partial charge < -0.3 is 10.2 Å². The van der Waals surface area contributed by atoms with Gasteiger partial charge in [0, 0.05) is 24.5 Å². The van der Waals surface area contributed by atoms with Crippen LogP contribution in [-0.2, 0) is 9.59 Å². The number of rotatable bonds is 5. The van der Waals surface area contributed by atoms with Gasteiger partial charge in [0.1, 0.15) is 0 Å². The number of nitrogens with zero attached hydrogens (tertiary/aromatic N) is 2. The van der Waals surface area contributed by atoms with E-state index >= 15 is 0 Å². The molecule has 5 nitrogen and oxygen atoms in total. The molecule has 0 aliphatic carbocycles. The van der Waals surface area contributed by atoms with E-state index < -0.39 is 0 Å². The first-order valence-corrected chi connectivity index (χ1v) is 6.32. The molecule has 0 fully saturated rings. The number of hydrogen-bond donors (Lipinski definition) is 1. The Hall–Kier alpha value is -1.43. The maximum Gasteiger partial charge on any atom is 0.245 e. The topological polar surface area (TPSA) is 62.3 Å². The molecule has 0 aliphatic rings. The number of amides is 2. The van der Waals surface area contributed by atoms with Crippen molar-refractivity contribution in [2.45, 2.75) is 27.2 Å². The minimum absolute atomic E-state index is 0.0851.